The van der Waals surface area contributed by atoms with E-state index in [-0.39, 0.29) is 31.3 Å². The second-order valence-electron chi connectivity index (χ2n) is 11.8. The molecular formula is C31H41ClN2O8. The van der Waals surface area contributed by atoms with Gasteiger partial charge in [-0.05, 0) is 43.0 Å². The highest BCUT2D eigenvalue weighted by atomic mass is 35.5. The first kappa shape index (κ1) is 31.9. The van der Waals surface area contributed by atoms with Crippen molar-refractivity contribution in [3.8, 4) is 11.5 Å². The van der Waals surface area contributed by atoms with Crippen molar-refractivity contribution >= 4 is 29.2 Å². The van der Waals surface area contributed by atoms with Crippen molar-refractivity contribution in [2.45, 2.75) is 57.9 Å². The number of hydrogen-bond donors (Lipinski definition) is 3. The number of amides is 1. The second kappa shape index (κ2) is 13.5. The molecule has 1 aliphatic carbocycles. The van der Waals surface area contributed by atoms with E-state index in [1.165, 1.54) is 7.11 Å². The number of allylic oxidation sites excluding steroid dienone is 2. The highest BCUT2D eigenvalue weighted by Crippen LogP contribution is 2.43. The van der Waals surface area contributed by atoms with E-state index in [1.807, 2.05) is 37.0 Å². The van der Waals surface area contributed by atoms with Gasteiger partial charge in [0.25, 0.3) is 0 Å². The minimum absolute atomic E-state index is 0.0331. The summed E-state index contributed by atoms with van der Waals surface area (Å²) < 4.78 is 17.9. The van der Waals surface area contributed by atoms with Crippen molar-refractivity contribution in [2.24, 2.45) is 11.3 Å². The molecule has 2 heterocycles. The molecule has 1 aromatic carbocycles. The molecule has 1 fully saturated rings. The highest BCUT2D eigenvalue weighted by Gasteiger charge is 2.43. The maximum atomic E-state index is 13.6. The lowest BCUT2D eigenvalue weighted by Gasteiger charge is -2.40. The first-order valence-corrected chi connectivity index (χ1v) is 14.6. The quantitative estimate of drug-likeness (QED) is 0.367. The Morgan fingerprint density at radius 1 is 1.14 bits per heavy atom. The molecule has 3 aliphatic rings. The zero-order valence-corrected chi connectivity index (χ0v) is 25.3. The smallest absolute Gasteiger partial charge is 0.303 e. The third kappa shape index (κ3) is 7.11. The second-order valence-corrected chi connectivity index (χ2v) is 12.3. The van der Waals surface area contributed by atoms with Crippen LogP contribution < -0.4 is 9.47 Å². The van der Waals surface area contributed by atoms with Gasteiger partial charge in [0.1, 0.15) is 18.1 Å². The molecule has 1 aromatic rings. The van der Waals surface area contributed by atoms with Crippen LogP contribution in [0.4, 0.5) is 0 Å². The number of aliphatic carboxylic acids is 1. The number of likely N-dealkylation sites (tertiary alicyclic amines) is 1. The fraction of sp³-hybridized carbons (Fsp3) is 0.548. The molecule has 1 saturated heterocycles. The number of aliphatic hydroxyl groups is 2. The number of carbonyl (C=O) groups excluding carboxylic acids is 1. The van der Waals surface area contributed by atoms with Gasteiger partial charge in [-0.2, -0.15) is 0 Å². The summed E-state index contributed by atoms with van der Waals surface area (Å²) in [6.45, 7) is 4.88. The van der Waals surface area contributed by atoms with E-state index in [0.717, 1.165) is 0 Å². The summed E-state index contributed by atoms with van der Waals surface area (Å²) in [7, 11) is 3.07. The Bertz CT molecular complexity index is 1250. The van der Waals surface area contributed by atoms with Crippen LogP contribution in [-0.4, -0.2) is 95.8 Å². The number of hydrogen-bond acceptors (Lipinski definition) is 8. The maximum Gasteiger partial charge on any atom is 0.303 e. The number of methoxy groups -OCH3 is 2. The molecule has 0 saturated carbocycles. The predicted octanol–water partition coefficient (Wildman–Crippen LogP) is 3.62. The van der Waals surface area contributed by atoms with Crippen molar-refractivity contribution < 1.29 is 39.1 Å². The van der Waals surface area contributed by atoms with Gasteiger partial charge >= 0.3 is 5.97 Å². The molecule has 230 valence electrons. The summed E-state index contributed by atoms with van der Waals surface area (Å²) in [6.07, 6.45) is 4.41. The molecule has 3 atom stereocenters. The third-order valence-electron chi connectivity index (χ3n) is 8.10. The van der Waals surface area contributed by atoms with Crippen LogP contribution in [0.5, 0.6) is 11.5 Å². The molecule has 0 spiro atoms. The van der Waals surface area contributed by atoms with Crippen LogP contribution in [-0.2, 0) is 14.3 Å². The van der Waals surface area contributed by atoms with Crippen LogP contribution >= 0.6 is 11.6 Å². The predicted molar refractivity (Wildman–Crippen MR) is 158 cm³/mol. The summed E-state index contributed by atoms with van der Waals surface area (Å²) in [5, 5.41) is 31.6. The number of nitrogens with zero attached hydrogens (tertiary/aromatic N) is 2. The fourth-order valence-corrected chi connectivity index (χ4v) is 6.01. The number of benzene rings is 1. The van der Waals surface area contributed by atoms with Gasteiger partial charge in [0.05, 0.1) is 32.2 Å². The van der Waals surface area contributed by atoms with Gasteiger partial charge in [-0.25, -0.2) is 0 Å². The number of carbonyl (C=O) groups is 2. The van der Waals surface area contributed by atoms with E-state index in [4.69, 9.17) is 30.9 Å². The molecular weight excluding hydrogens is 564 g/mol. The summed E-state index contributed by atoms with van der Waals surface area (Å²) >= 11 is 6.49. The number of carboxylic acid groups (broad SMARTS) is 1. The third-order valence-corrected chi connectivity index (χ3v) is 8.34. The van der Waals surface area contributed by atoms with Gasteiger partial charge in [-0.3, -0.25) is 14.5 Å². The molecule has 11 heteroatoms. The number of aliphatic hydroxyl groups excluding tert-OH is 2. The zero-order chi connectivity index (χ0) is 30.6. The number of piperidine rings is 1. The topological polar surface area (TPSA) is 129 Å². The Labute approximate surface area is 251 Å². The average molecular weight is 605 g/mol. The minimum Gasteiger partial charge on any atom is -0.493 e. The fourth-order valence-electron chi connectivity index (χ4n) is 5.82. The lowest BCUT2D eigenvalue weighted by Crippen LogP contribution is -2.53. The van der Waals surface area contributed by atoms with Crippen molar-refractivity contribution in [3.63, 3.8) is 0 Å². The first-order chi connectivity index (χ1) is 20.0. The van der Waals surface area contributed by atoms with E-state index < -0.39 is 29.8 Å². The number of rotatable bonds is 10. The summed E-state index contributed by atoms with van der Waals surface area (Å²) in [6, 6.07) is 4.92. The van der Waals surface area contributed by atoms with Crippen LogP contribution in [0.15, 0.2) is 47.0 Å². The van der Waals surface area contributed by atoms with Crippen LogP contribution in [0.3, 0.4) is 0 Å². The monoisotopic (exact) mass is 604 g/mol. The normalized spacial score (nSPS) is 23.5. The molecule has 1 amide bonds. The van der Waals surface area contributed by atoms with Crippen molar-refractivity contribution in [2.75, 3.05) is 40.5 Å². The summed E-state index contributed by atoms with van der Waals surface area (Å²) in [4.78, 5) is 28.3. The van der Waals surface area contributed by atoms with Crippen molar-refractivity contribution in [1.29, 1.82) is 0 Å². The van der Waals surface area contributed by atoms with Crippen LogP contribution in [0.1, 0.15) is 45.1 Å². The molecule has 10 nitrogen and oxygen atoms in total. The van der Waals surface area contributed by atoms with E-state index in [2.05, 4.69) is 0 Å². The number of halogens is 1. The van der Waals surface area contributed by atoms with Crippen molar-refractivity contribution in [1.82, 2.24) is 9.80 Å². The first-order valence-electron chi connectivity index (χ1n) is 14.2. The van der Waals surface area contributed by atoms with Gasteiger partial charge in [0, 0.05) is 48.7 Å². The summed E-state index contributed by atoms with van der Waals surface area (Å²) in [5.74, 6) is 0.337. The molecule has 4 rings (SSSR count). The Kier molecular flexibility index (Phi) is 10.2. The van der Waals surface area contributed by atoms with E-state index >= 15 is 0 Å². The number of para-hydroxylation sites is 1. The largest absolute Gasteiger partial charge is 0.493 e. The van der Waals surface area contributed by atoms with Gasteiger partial charge in [-0.15, -0.1) is 0 Å². The number of ether oxygens (including phenoxy) is 3. The van der Waals surface area contributed by atoms with Gasteiger partial charge in [0.15, 0.2) is 11.5 Å². The van der Waals surface area contributed by atoms with E-state index in [1.54, 1.807) is 30.2 Å². The molecule has 0 bridgehead atoms. The number of fused-ring (bicyclic) bond motifs is 1. The molecule has 2 aliphatic heterocycles. The van der Waals surface area contributed by atoms with Gasteiger partial charge in [-0.1, -0.05) is 37.6 Å². The molecule has 3 N–H and O–H groups in total. The lowest BCUT2D eigenvalue weighted by molar-refractivity contribution is -0.142. The highest BCUT2D eigenvalue weighted by molar-refractivity contribution is 6.31. The molecule has 0 radical (unpaired) electrons. The molecule has 42 heavy (non-hydrogen) atoms. The maximum absolute atomic E-state index is 13.6. The van der Waals surface area contributed by atoms with Crippen LogP contribution in [0.2, 0.25) is 0 Å². The van der Waals surface area contributed by atoms with E-state index in [9.17, 15) is 19.8 Å². The van der Waals surface area contributed by atoms with Crippen LogP contribution in [0.25, 0.3) is 5.76 Å². The molecule has 0 aromatic heterocycles. The average Bonchev–Trinajstić information content (AvgIpc) is 3.06. The Hall–Kier alpha value is -3.05. The lowest BCUT2D eigenvalue weighted by atomic mass is 9.90. The van der Waals surface area contributed by atoms with E-state index in [0.29, 0.717) is 65.9 Å². The number of carboxylic acids is 1. The van der Waals surface area contributed by atoms with Gasteiger partial charge < -0.3 is 34.4 Å². The SMILES string of the molecule is COc1cccc(C2=C3C=C(Cl)C=C[C@@H]3N(CC(C)(C)CO)[C@@H](O)[C@@H](CC(=O)N3CCC(CC(=O)O)CC3)O2)c1OC. The zero-order valence-electron chi connectivity index (χ0n) is 24.6. The minimum atomic E-state index is -1.21. The Morgan fingerprint density at radius 3 is 2.48 bits per heavy atom. The summed E-state index contributed by atoms with van der Waals surface area (Å²) in [5.41, 5.74) is 0.672. The van der Waals surface area contributed by atoms with Crippen LogP contribution in [0, 0.1) is 11.3 Å². The van der Waals surface area contributed by atoms with Gasteiger partial charge in [0.2, 0.25) is 5.91 Å². The molecule has 0 unspecified atom stereocenters. The Morgan fingerprint density at radius 2 is 1.86 bits per heavy atom. The van der Waals surface area contributed by atoms with Crippen molar-refractivity contribution in [3.05, 3.63) is 52.6 Å². The standard InChI is InChI=1S/C31H41ClN2O8/c1-31(2,18-35)17-34-23-9-8-20(32)15-22(23)28(21-6-5-7-24(40-3)29(21)41-4)42-25(30(34)39)16-26(36)33-12-10-19(11-13-33)14-27(37)38/h5-9,15,19,23,25,30,35,39H,10-14,16-18H2,1-4H3,(H,37,38)/t23-,25+,30-/m0/s1. The Balaban J connectivity index is 1.75.